The first-order valence-corrected chi connectivity index (χ1v) is 16.9. The molecule has 0 aliphatic carbocycles. The Morgan fingerprint density at radius 1 is 0.386 bits per heavy atom. The van der Waals surface area contributed by atoms with Crippen LogP contribution < -0.4 is 0 Å². The van der Waals surface area contributed by atoms with Crippen LogP contribution in [0.4, 0.5) is 0 Å². The Balaban J connectivity index is 1.60. The van der Waals surface area contributed by atoms with Crippen molar-refractivity contribution in [2.75, 3.05) is 0 Å². The standard InChI is InChI=1S/C42H46O2/c1-3-5-7-9-11-17-29-23-25-35-37(27-29)39(31-19-13-15-21-33(31)41(35)43)40-32-20-14-16-22-34(32)42(44)36-26-24-30(28-38(36)40)18-12-10-8-6-4-2/h13-16,19-28,43-44H,3-12,17-18H2,1-2H3. The van der Waals surface area contributed by atoms with Crippen LogP contribution in [-0.2, 0) is 12.8 Å². The molecule has 0 heterocycles. The number of phenols is 2. The number of aromatic hydroxyl groups is 2. The second-order valence-electron chi connectivity index (χ2n) is 12.6. The minimum Gasteiger partial charge on any atom is -0.507 e. The molecule has 0 unspecified atom stereocenters. The first kappa shape index (κ1) is 30.0. The summed E-state index contributed by atoms with van der Waals surface area (Å²) in [7, 11) is 0. The van der Waals surface area contributed by atoms with E-state index in [4.69, 9.17) is 0 Å². The van der Waals surface area contributed by atoms with E-state index in [2.05, 4.69) is 74.5 Å². The molecule has 0 bridgehead atoms. The molecule has 44 heavy (non-hydrogen) atoms. The lowest BCUT2D eigenvalue weighted by Gasteiger charge is -2.20. The average molecular weight is 583 g/mol. The van der Waals surface area contributed by atoms with Crippen molar-refractivity contribution in [3.8, 4) is 22.6 Å². The monoisotopic (exact) mass is 582 g/mol. The van der Waals surface area contributed by atoms with E-state index < -0.39 is 0 Å². The van der Waals surface area contributed by atoms with Crippen molar-refractivity contribution >= 4 is 43.1 Å². The molecule has 6 aromatic rings. The molecular weight excluding hydrogens is 536 g/mol. The minimum atomic E-state index is 0.342. The van der Waals surface area contributed by atoms with Crippen LogP contribution in [-0.4, -0.2) is 10.2 Å². The molecule has 6 rings (SSSR count). The van der Waals surface area contributed by atoms with Crippen LogP contribution in [0, 0.1) is 0 Å². The quantitative estimate of drug-likeness (QED) is 0.105. The molecule has 0 aliphatic rings. The van der Waals surface area contributed by atoms with E-state index in [1.807, 2.05) is 24.3 Å². The van der Waals surface area contributed by atoms with Crippen molar-refractivity contribution in [1.29, 1.82) is 0 Å². The highest BCUT2D eigenvalue weighted by molar-refractivity contribution is 6.26. The van der Waals surface area contributed by atoms with Crippen LogP contribution in [0.3, 0.4) is 0 Å². The molecule has 0 aromatic heterocycles. The highest BCUT2D eigenvalue weighted by Gasteiger charge is 2.21. The molecule has 2 N–H and O–H groups in total. The molecule has 0 saturated carbocycles. The van der Waals surface area contributed by atoms with Gasteiger partial charge in [0.2, 0.25) is 0 Å². The lowest BCUT2D eigenvalue weighted by molar-refractivity contribution is 0.487. The SMILES string of the molecule is CCCCCCCc1ccc2c(O)c3ccccc3c(-c3c4ccccc4c(O)c4ccc(CCCCCCC)cc34)c2c1. The van der Waals surface area contributed by atoms with E-state index in [0.29, 0.717) is 11.5 Å². The molecule has 0 saturated heterocycles. The number of fused-ring (bicyclic) bond motifs is 4. The highest BCUT2D eigenvalue weighted by atomic mass is 16.3. The van der Waals surface area contributed by atoms with E-state index in [-0.39, 0.29) is 0 Å². The summed E-state index contributed by atoms with van der Waals surface area (Å²) in [5.74, 6) is 0.683. The van der Waals surface area contributed by atoms with Gasteiger partial charge < -0.3 is 10.2 Å². The van der Waals surface area contributed by atoms with Crippen LogP contribution in [0.25, 0.3) is 54.2 Å². The summed E-state index contributed by atoms with van der Waals surface area (Å²) < 4.78 is 0. The largest absolute Gasteiger partial charge is 0.507 e. The van der Waals surface area contributed by atoms with Crippen molar-refractivity contribution < 1.29 is 10.2 Å². The molecular formula is C42H46O2. The van der Waals surface area contributed by atoms with Gasteiger partial charge in [0.25, 0.3) is 0 Å². The van der Waals surface area contributed by atoms with Gasteiger partial charge in [0.1, 0.15) is 11.5 Å². The Kier molecular flexibility index (Phi) is 9.36. The fourth-order valence-electron chi connectivity index (χ4n) is 7.12. The van der Waals surface area contributed by atoms with Crippen molar-refractivity contribution in [2.24, 2.45) is 0 Å². The van der Waals surface area contributed by atoms with E-state index in [9.17, 15) is 10.2 Å². The van der Waals surface area contributed by atoms with Gasteiger partial charge in [-0.25, -0.2) is 0 Å². The van der Waals surface area contributed by atoms with Gasteiger partial charge in [-0.2, -0.15) is 0 Å². The molecule has 2 heteroatoms. The van der Waals surface area contributed by atoms with Gasteiger partial charge in [0.15, 0.2) is 0 Å². The van der Waals surface area contributed by atoms with Gasteiger partial charge in [-0.05, 0) is 69.5 Å². The number of aryl methyl sites for hydroxylation is 2. The molecule has 2 nitrogen and oxygen atoms in total. The van der Waals surface area contributed by atoms with Crippen LogP contribution in [0.1, 0.15) is 89.2 Å². The van der Waals surface area contributed by atoms with Crippen LogP contribution in [0.15, 0.2) is 84.9 Å². The summed E-state index contributed by atoms with van der Waals surface area (Å²) >= 11 is 0. The van der Waals surface area contributed by atoms with Crippen LogP contribution in [0.2, 0.25) is 0 Å². The Hall–Kier alpha value is -4.04. The number of hydrogen-bond acceptors (Lipinski definition) is 2. The van der Waals surface area contributed by atoms with Gasteiger partial charge in [0.05, 0.1) is 0 Å². The first-order chi connectivity index (χ1) is 21.6. The second-order valence-corrected chi connectivity index (χ2v) is 12.6. The maximum absolute atomic E-state index is 11.6. The predicted octanol–water partition coefficient (Wildman–Crippen LogP) is 12.4. The highest BCUT2D eigenvalue weighted by Crippen LogP contribution is 2.49. The molecule has 0 fully saturated rings. The first-order valence-electron chi connectivity index (χ1n) is 16.9. The topological polar surface area (TPSA) is 40.5 Å². The lowest BCUT2D eigenvalue weighted by atomic mass is 9.84. The second kappa shape index (κ2) is 13.7. The minimum absolute atomic E-state index is 0.342. The third-order valence-corrected chi connectivity index (χ3v) is 9.51. The average Bonchev–Trinajstić information content (AvgIpc) is 3.06. The zero-order valence-electron chi connectivity index (χ0n) is 26.5. The molecule has 6 aromatic carbocycles. The van der Waals surface area contributed by atoms with Gasteiger partial charge in [0, 0.05) is 21.5 Å². The Morgan fingerprint density at radius 3 is 1.16 bits per heavy atom. The number of benzene rings is 6. The summed E-state index contributed by atoms with van der Waals surface area (Å²) in [5, 5.41) is 30.9. The third kappa shape index (κ3) is 5.87. The normalized spacial score (nSPS) is 11.8. The molecule has 0 amide bonds. The Morgan fingerprint density at radius 2 is 0.750 bits per heavy atom. The summed E-state index contributed by atoms with van der Waals surface area (Å²) in [6.45, 7) is 4.52. The van der Waals surface area contributed by atoms with Crippen LogP contribution in [0.5, 0.6) is 11.5 Å². The molecule has 0 aliphatic heterocycles. The Labute approximate surface area is 262 Å². The molecule has 226 valence electrons. The Bertz CT molecular complexity index is 1770. The fraction of sp³-hybridized carbons (Fsp3) is 0.333. The number of rotatable bonds is 13. The van der Waals surface area contributed by atoms with Crippen LogP contribution >= 0.6 is 0 Å². The lowest BCUT2D eigenvalue weighted by Crippen LogP contribution is -1.94. The van der Waals surface area contributed by atoms with Crippen molar-refractivity contribution in [2.45, 2.75) is 90.9 Å². The maximum Gasteiger partial charge on any atom is 0.131 e. The molecule has 0 atom stereocenters. The summed E-state index contributed by atoms with van der Waals surface area (Å²) in [4.78, 5) is 0. The van der Waals surface area contributed by atoms with E-state index in [1.165, 1.54) is 75.3 Å². The van der Waals surface area contributed by atoms with Crippen molar-refractivity contribution in [3.05, 3.63) is 96.1 Å². The fourth-order valence-corrected chi connectivity index (χ4v) is 7.12. The van der Waals surface area contributed by atoms with Crippen molar-refractivity contribution in [1.82, 2.24) is 0 Å². The summed E-state index contributed by atoms with van der Waals surface area (Å²) in [5.41, 5.74) is 4.90. The van der Waals surface area contributed by atoms with Crippen molar-refractivity contribution in [3.63, 3.8) is 0 Å². The predicted molar refractivity (Wildman–Crippen MR) is 190 cm³/mol. The number of hydrogen-bond donors (Lipinski definition) is 2. The smallest absolute Gasteiger partial charge is 0.131 e. The third-order valence-electron chi connectivity index (χ3n) is 9.51. The van der Waals surface area contributed by atoms with Gasteiger partial charge in [-0.1, -0.05) is 150 Å². The zero-order chi connectivity index (χ0) is 30.5. The number of unbranched alkanes of at least 4 members (excludes halogenated alkanes) is 8. The zero-order valence-corrected chi connectivity index (χ0v) is 26.5. The van der Waals surface area contributed by atoms with Gasteiger partial charge >= 0.3 is 0 Å². The molecule has 0 spiro atoms. The van der Waals surface area contributed by atoms with Gasteiger partial charge in [-0.15, -0.1) is 0 Å². The molecule has 0 radical (unpaired) electrons. The van der Waals surface area contributed by atoms with Gasteiger partial charge in [-0.3, -0.25) is 0 Å². The number of phenolic OH excluding ortho intramolecular Hbond substituents is 2. The summed E-state index contributed by atoms with van der Waals surface area (Å²) in [6.07, 6.45) is 14.6. The van der Waals surface area contributed by atoms with E-state index in [0.717, 1.165) is 67.1 Å². The van der Waals surface area contributed by atoms with E-state index in [1.54, 1.807) is 0 Å². The summed E-state index contributed by atoms with van der Waals surface area (Å²) in [6, 6.07) is 29.8. The van der Waals surface area contributed by atoms with E-state index >= 15 is 0 Å². The maximum atomic E-state index is 11.6.